The highest BCUT2D eigenvalue weighted by molar-refractivity contribution is 5.57. The van der Waals surface area contributed by atoms with Crippen LogP contribution < -0.4 is 10.6 Å². The molecule has 1 saturated heterocycles. The molecule has 2 aliphatic heterocycles. The summed E-state index contributed by atoms with van der Waals surface area (Å²) in [6.07, 6.45) is 2.34. The molecule has 3 rings (SSSR count). The van der Waals surface area contributed by atoms with Gasteiger partial charge in [-0.25, -0.2) is 0 Å². The number of nitrogens with zero attached hydrogens (tertiary/aromatic N) is 1. The first-order chi connectivity index (χ1) is 9.28. The fourth-order valence-electron chi connectivity index (χ4n) is 3.37. The van der Waals surface area contributed by atoms with Crippen molar-refractivity contribution in [1.82, 2.24) is 10.2 Å². The van der Waals surface area contributed by atoms with Crippen LogP contribution in [0, 0.1) is 0 Å². The largest absolute Gasteiger partial charge is 0.382 e. The second kappa shape index (κ2) is 5.51. The van der Waals surface area contributed by atoms with Gasteiger partial charge in [-0.1, -0.05) is 19.1 Å². The number of hydrogen-bond acceptors (Lipinski definition) is 3. The Morgan fingerprint density at radius 1 is 1.26 bits per heavy atom. The third-order valence-corrected chi connectivity index (χ3v) is 4.45. The van der Waals surface area contributed by atoms with Gasteiger partial charge in [-0.05, 0) is 37.0 Å². The summed E-state index contributed by atoms with van der Waals surface area (Å²) < 4.78 is 0. The van der Waals surface area contributed by atoms with Crippen molar-refractivity contribution in [2.24, 2.45) is 0 Å². The van der Waals surface area contributed by atoms with Gasteiger partial charge in [-0.3, -0.25) is 4.90 Å². The summed E-state index contributed by atoms with van der Waals surface area (Å²) in [5, 5.41) is 7.09. The predicted octanol–water partition coefficient (Wildman–Crippen LogP) is 2.40. The summed E-state index contributed by atoms with van der Waals surface area (Å²) in [5.74, 6) is 0. The van der Waals surface area contributed by atoms with Gasteiger partial charge in [0.25, 0.3) is 0 Å². The average Bonchev–Trinajstić information content (AvgIpc) is 2.47. The number of aryl methyl sites for hydroxylation is 1. The highest BCUT2D eigenvalue weighted by Crippen LogP contribution is 2.37. The van der Waals surface area contributed by atoms with Crippen LogP contribution in [0.25, 0.3) is 0 Å². The lowest BCUT2D eigenvalue weighted by molar-refractivity contribution is 0.159. The molecule has 2 unspecified atom stereocenters. The molecule has 0 bridgehead atoms. The lowest BCUT2D eigenvalue weighted by atomic mass is 9.90. The first-order valence-electron chi connectivity index (χ1n) is 7.62. The summed E-state index contributed by atoms with van der Waals surface area (Å²) in [7, 11) is 0. The number of rotatable bonds is 2. The zero-order valence-corrected chi connectivity index (χ0v) is 12.1. The van der Waals surface area contributed by atoms with E-state index in [2.05, 4.69) is 47.6 Å². The highest BCUT2D eigenvalue weighted by Gasteiger charge is 2.29. The smallest absolute Gasteiger partial charge is 0.0391 e. The molecule has 3 nitrogen and oxygen atoms in total. The molecule has 19 heavy (non-hydrogen) atoms. The van der Waals surface area contributed by atoms with Gasteiger partial charge in [0.1, 0.15) is 0 Å². The molecule has 104 valence electrons. The Morgan fingerprint density at radius 3 is 2.79 bits per heavy atom. The van der Waals surface area contributed by atoms with Gasteiger partial charge in [0.05, 0.1) is 0 Å². The van der Waals surface area contributed by atoms with Crippen molar-refractivity contribution in [3.05, 3.63) is 29.3 Å². The van der Waals surface area contributed by atoms with E-state index in [0.29, 0.717) is 12.1 Å². The van der Waals surface area contributed by atoms with Gasteiger partial charge in [0.15, 0.2) is 0 Å². The van der Waals surface area contributed by atoms with E-state index in [0.717, 1.165) is 19.5 Å². The molecule has 1 aromatic rings. The lowest BCUT2D eigenvalue weighted by Gasteiger charge is -2.41. The number of nitrogens with one attached hydrogen (secondary N) is 2. The lowest BCUT2D eigenvalue weighted by Crippen LogP contribution is -2.47. The zero-order chi connectivity index (χ0) is 13.2. The fourth-order valence-corrected chi connectivity index (χ4v) is 3.37. The van der Waals surface area contributed by atoms with Crippen molar-refractivity contribution in [3.63, 3.8) is 0 Å². The molecular formula is C16H25N3. The third kappa shape index (κ3) is 2.63. The zero-order valence-electron chi connectivity index (χ0n) is 12.1. The van der Waals surface area contributed by atoms with Crippen LogP contribution in [-0.4, -0.2) is 37.1 Å². The standard InChI is InChI=1S/C16H25N3/c1-3-13-4-5-15-14(11-13)16(10-12(2)18-15)19-8-6-17-7-9-19/h4-5,11-12,16-18H,3,6-10H2,1-2H3. The number of anilines is 1. The molecular weight excluding hydrogens is 234 g/mol. The maximum atomic E-state index is 3.64. The highest BCUT2D eigenvalue weighted by atomic mass is 15.2. The molecule has 0 aromatic heterocycles. The van der Waals surface area contributed by atoms with Crippen LogP contribution in [0.4, 0.5) is 5.69 Å². The molecule has 1 aromatic carbocycles. The Labute approximate surface area is 116 Å². The predicted molar refractivity (Wildman–Crippen MR) is 80.7 cm³/mol. The van der Waals surface area contributed by atoms with Crippen LogP contribution in [0.15, 0.2) is 18.2 Å². The van der Waals surface area contributed by atoms with E-state index in [9.17, 15) is 0 Å². The summed E-state index contributed by atoms with van der Waals surface area (Å²) in [5.41, 5.74) is 4.31. The van der Waals surface area contributed by atoms with Gasteiger partial charge in [-0.2, -0.15) is 0 Å². The molecule has 2 atom stereocenters. The molecule has 0 radical (unpaired) electrons. The van der Waals surface area contributed by atoms with Gasteiger partial charge in [0, 0.05) is 44.0 Å². The Hall–Kier alpha value is -1.06. The molecule has 0 amide bonds. The van der Waals surface area contributed by atoms with Crippen molar-refractivity contribution in [2.45, 2.75) is 38.8 Å². The van der Waals surface area contributed by atoms with Crippen molar-refractivity contribution < 1.29 is 0 Å². The fraction of sp³-hybridized carbons (Fsp3) is 0.625. The van der Waals surface area contributed by atoms with E-state index in [-0.39, 0.29) is 0 Å². The van der Waals surface area contributed by atoms with Gasteiger partial charge in [-0.15, -0.1) is 0 Å². The summed E-state index contributed by atoms with van der Waals surface area (Å²) in [6, 6.07) is 8.12. The van der Waals surface area contributed by atoms with Crippen LogP contribution >= 0.6 is 0 Å². The van der Waals surface area contributed by atoms with Crippen LogP contribution in [0.3, 0.4) is 0 Å². The molecule has 0 aliphatic carbocycles. The van der Waals surface area contributed by atoms with E-state index in [1.807, 2.05) is 0 Å². The van der Waals surface area contributed by atoms with Crippen LogP contribution in [0.1, 0.15) is 37.4 Å². The quantitative estimate of drug-likeness (QED) is 0.854. The van der Waals surface area contributed by atoms with Crippen LogP contribution in [0.5, 0.6) is 0 Å². The van der Waals surface area contributed by atoms with E-state index >= 15 is 0 Å². The minimum Gasteiger partial charge on any atom is -0.382 e. The summed E-state index contributed by atoms with van der Waals surface area (Å²) >= 11 is 0. The number of hydrogen-bond donors (Lipinski definition) is 2. The van der Waals surface area contributed by atoms with E-state index in [1.165, 1.54) is 36.3 Å². The van der Waals surface area contributed by atoms with Gasteiger partial charge in [0.2, 0.25) is 0 Å². The van der Waals surface area contributed by atoms with Crippen LogP contribution in [0.2, 0.25) is 0 Å². The molecule has 2 N–H and O–H groups in total. The molecule has 1 fully saturated rings. The Balaban J connectivity index is 1.92. The van der Waals surface area contributed by atoms with Crippen molar-refractivity contribution in [2.75, 3.05) is 31.5 Å². The molecule has 2 aliphatic rings. The Kier molecular flexibility index (Phi) is 3.76. The van der Waals surface area contributed by atoms with Gasteiger partial charge < -0.3 is 10.6 Å². The maximum Gasteiger partial charge on any atom is 0.0391 e. The Bertz CT molecular complexity index is 438. The second-order valence-electron chi connectivity index (χ2n) is 5.86. The summed E-state index contributed by atoms with van der Waals surface area (Å²) in [4.78, 5) is 2.66. The van der Waals surface area contributed by atoms with Gasteiger partial charge >= 0.3 is 0 Å². The first kappa shape index (κ1) is 12.9. The minimum atomic E-state index is 0.569. The first-order valence-corrected chi connectivity index (χ1v) is 7.62. The minimum absolute atomic E-state index is 0.569. The maximum absolute atomic E-state index is 3.64. The van der Waals surface area contributed by atoms with Crippen molar-refractivity contribution in [1.29, 1.82) is 0 Å². The Morgan fingerprint density at radius 2 is 2.05 bits per heavy atom. The molecule has 0 spiro atoms. The second-order valence-corrected chi connectivity index (χ2v) is 5.86. The van der Waals surface area contributed by atoms with Crippen LogP contribution in [-0.2, 0) is 6.42 Å². The normalized spacial score (nSPS) is 27.7. The van der Waals surface area contributed by atoms with Crippen molar-refractivity contribution in [3.8, 4) is 0 Å². The molecule has 3 heteroatoms. The molecule has 2 heterocycles. The monoisotopic (exact) mass is 259 g/mol. The SMILES string of the molecule is CCc1ccc2c(c1)C(N1CCNCC1)CC(C)N2. The average molecular weight is 259 g/mol. The topological polar surface area (TPSA) is 27.3 Å². The van der Waals surface area contributed by atoms with E-state index in [4.69, 9.17) is 0 Å². The van der Waals surface area contributed by atoms with E-state index in [1.54, 1.807) is 0 Å². The number of benzene rings is 1. The van der Waals surface area contributed by atoms with Crippen molar-refractivity contribution >= 4 is 5.69 Å². The summed E-state index contributed by atoms with van der Waals surface area (Å²) in [6.45, 7) is 9.13. The van der Waals surface area contributed by atoms with E-state index < -0.39 is 0 Å². The number of fused-ring (bicyclic) bond motifs is 1. The molecule has 0 saturated carbocycles. The number of piperazine rings is 1. The third-order valence-electron chi connectivity index (χ3n) is 4.45.